The lowest BCUT2D eigenvalue weighted by Crippen LogP contribution is -2.51. The summed E-state index contributed by atoms with van der Waals surface area (Å²) >= 11 is 12.0. The van der Waals surface area contributed by atoms with Crippen molar-refractivity contribution in [3.05, 3.63) is 63.6 Å². The largest absolute Gasteiger partial charge is 0.484 e. The summed E-state index contributed by atoms with van der Waals surface area (Å²) in [5, 5.41) is 4.15. The number of benzene rings is 2. The Balaban J connectivity index is 2.21. The third-order valence-corrected chi connectivity index (χ3v) is 5.25. The van der Waals surface area contributed by atoms with Gasteiger partial charge in [-0.1, -0.05) is 42.3 Å². The second-order valence-corrected chi connectivity index (χ2v) is 8.28. The normalized spacial score (nSPS) is 11.8. The van der Waals surface area contributed by atoms with Crippen LogP contribution in [0.15, 0.2) is 42.5 Å². The molecular weight excluding hydrogens is 423 g/mol. The molecule has 0 saturated heterocycles. The van der Waals surface area contributed by atoms with Crippen LogP contribution >= 0.6 is 23.2 Å². The summed E-state index contributed by atoms with van der Waals surface area (Å²) in [6, 6.07) is 11.8. The van der Waals surface area contributed by atoms with Gasteiger partial charge in [0.05, 0.1) is 0 Å². The molecule has 1 atom stereocenters. The highest BCUT2D eigenvalue weighted by Gasteiger charge is 2.29. The van der Waals surface area contributed by atoms with E-state index < -0.39 is 6.04 Å². The van der Waals surface area contributed by atoms with E-state index in [4.69, 9.17) is 27.9 Å². The minimum Gasteiger partial charge on any atom is -0.484 e. The Labute approximate surface area is 188 Å². The van der Waals surface area contributed by atoms with Crippen LogP contribution < -0.4 is 10.1 Å². The maximum Gasteiger partial charge on any atom is 0.261 e. The molecule has 1 N–H and O–H groups in total. The zero-order valence-corrected chi connectivity index (χ0v) is 19.3. The molecule has 2 amide bonds. The van der Waals surface area contributed by atoms with Crippen LogP contribution in [0.4, 0.5) is 0 Å². The van der Waals surface area contributed by atoms with E-state index in [0.717, 1.165) is 11.1 Å². The van der Waals surface area contributed by atoms with Crippen molar-refractivity contribution >= 4 is 35.0 Å². The van der Waals surface area contributed by atoms with Crippen LogP contribution in [0.3, 0.4) is 0 Å². The van der Waals surface area contributed by atoms with Gasteiger partial charge in [-0.25, -0.2) is 0 Å². The number of hydrogen-bond donors (Lipinski definition) is 1. The quantitative estimate of drug-likeness (QED) is 0.583. The van der Waals surface area contributed by atoms with E-state index in [2.05, 4.69) is 5.32 Å². The number of nitrogens with one attached hydrogen (secondary N) is 1. The van der Waals surface area contributed by atoms with Gasteiger partial charge >= 0.3 is 0 Å². The van der Waals surface area contributed by atoms with E-state index in [9.17, 15) is 9.59 Å². The number of hydrogen-bond acceptors (Lipinski definition) is 3. The Hall–Kier alpha value is -2.24. The maximum atomic E-state index is 13.1. The Morgan fingerprint density at radius 1 is 1.10 bits per heavy atom. The Morgan fingerprint density at radius 3 is 2.33 bits per heavy atom. The van der Waals surface area contributed by atoms with Crippen molar-refractivity contribution in [2.45, 2.75) is 52.7 Å². The number of ether oxygens (including phenoxy) is 1. The highest BCUT2D eigenvalue weighted by molar-refractivity contribution is 6.31. The van der Waals surface area contributed by atoms with Gasteiger partial charge < -0.3 is 15.0 Å². The molecule has 5 nitrogen and oxygen atoms in total. The van der Waals surface area contributed by atoms with Crippen molar-refractivity contribution in [2.24, 2.45) is 0 Å². The standard InChI is InChI=1S/C23H28Cl2N2O3/c1-5-21(23(29)26-15(2)3)27(13-17-6-8-18(24)9-7-17)22(28)14-30-19-10-11-20(25)16(4)12-19/h6-12,15,21H,5,13-14H2,1-4H3,(H,26,29). The fourth-order valence-electron chi connectivity index (χ4n) is 3.02. The summed E-state index contributed by atoms with van der Waals surface area (Å²) in [4.78, 5) is 27.4. The first-order valence-electron chi connectivity index (χ1n) is 9.94. The van der Waals surface area contributed by atoms with Gasteiger partial charge in [0.25, 0.3) is 5.91 Å². The summed E-state index contributed by atoms with van der Waals surface area (Å²) in [6.45, 7) is 7.64. The first-order valence-corrected chi connectivity index (χ1v) is 10.7. The predicted octanol–water partition coefficient (Wildman–Crippen LogP) is 5.01. The molecule has 0 heterocycles. The number of rotatable bonds is 9. The number of halogens is 2. The topological polar surface area (TPSA) is 58.6 Å². The fraction of sp³-hybridized carbons (Fsp3) is 0.391. The molecule has 7 heteroatoms. The maximum absolute atomic E-state index is 13.1. The monoisotopic (exact) mass is 450 g/mol. The van der Waals surface area contributed by atoms with Gasteiger partial charge in [0.15, 0.2) is 6.61 Å². The highest BCUT2D eigenvalue weighted by atomic mass is 35.5. The zero-order valence-electron chi connectivity index (χ0n) is 17.7. The van der Waals surface area contributed by atoms with Crippen molar-refractivity contribution < 1.29 is 14.3 Å². The number of amides is 2. The summed E-state index contributed by atoms with van der Waals surface area (Å²) in [7, 11) is 0. The first-order chi connectivity index (χ1) is 14.2. The molecule has 0 spiro atoms. The third-order valence-electron chi connectivity index (χ3n) is 4.57. The van der Waals surface area contributed by atoms with Crippen molar-refractivity contribution in [1.82, 2.24) is 10.2 Å². The van der Waals surface area contributed by atoms with Gasteiger partial charge in [0.1, 0.15) is 11.8 Å². The molecule has 0 bridgehead atoms. The van der Waals surface area contributed by atoms with Crippen LogP contribution in [0.5, 0.6) is 5.75 Å². The molecule has 0 aromatic heterocycles. The predicted molar refractivity (Wildman–Crippen MR) is 121 cm³/mol. The van der Waals surface area contributed by atoms with Crippen molar-refractivity contribution in [3.8, 4) is 5.75 Å². The van der Waals surface area contributed by atoms with E-state index in [1.807, 2.05) is 39.8 Å². The molecule has 0 radical (unpaired) electrons. The molecule has 1 unspecified atom stereocenters. The molecule has 2 aromatic carbocycles. The summed E-state index contributed by atoms with van der Waals surface area (Å²) in [5.74, 6) is 0.0943. The first kappa shape index (κ1) is 24.0. The van der Waals surface area contributed by atoms with Gasteiger partial charge in [-0.05, 0) is 68.7 Å². The van der Waals surface area contributed by atoms with E-state index in [-0.39, 0.29) is 31.0 Å². The smallest absolute Gasteiger partial charge is 0.261 e. The molecule has 2 rings (SSSR count). The molecular formula is C23H28Cl2N2O3. The summed E-state index contributed by atoms with van der Waals surface area (Å²) < 4.78 is 5.69. The second kappa shape index (κ2) is 11.2. The number of carbonyl (C=O) groups is 2. The summed E-state index contributed by atoms with van der Waals surface area (Å²) in [5.41, 5.74) is 1.74. The highest BCUT2D eigenvalue weighted by Crippen LogP contribution is 2.21. The van der Waals surface area contributed by atoms with Crippen LogP contribution in [0, 0.1) is 6.92 Å². The van der Waals surface area contributed by atoms with Gasteiger partial charge in [-0.15, -0.1) is 0 Å². The average Bonchev–Trinajstić information content (AvgIpc) is 2.69. The van der Waals surface area contributed by atoms with Gasteiger partial charge in [0.2, 0.25) is 5.91 Å². The fourth-order valence-corrected chi connectivity index (χ4v) is 3.27. The van der Waals surface area contributed by atoms with E-state index in [1.165, 1.54) is 0 Å². The molecule has 30 heavy (non-hydrogen) atoms. The number of carbonyl (C=O) groups excluding carboxylic acids is 2. The molecule has 0 saturated carbocycles. The Bertz CT molecular complexity index is 869. The van der Waals surface area contributed by atoms with Crippen molar-refractivity contribution in [1.29, 1.82) is 0 Å². The molecule has 0 aliphatic rings. The van der Waals surface area contributed by atoms with Crippen LogP contribution in [0.25, 0.3) is 0 Å². The Kier molecular flexibility index (Phi) is 9.00. The molecule has 162 valence electrons. The average molecular weight is 451 g/mol. The van der Waals surface area contributed by atoms with E-state index >= 15 is 0 Å². The molecule has 0 aliphatic heterocycles. The van der Waals surface area contributed by atoms with Gasteiger partial charge in [-0.3, -0.25) is 9.59 Å². The van der Waals surface area contributed by atoms with Gasteiger partial charge in [0, 0.05) is 22.6 Å². The third kappa shape index (κ3) is 6.92. The van der Waals surface area contributed by atoms with E-state index in [0.29, 0.717) is 22.2 Å². The minimum atomic E-state index is -0.605. The second-order valence-electron chi connectivity index (χ2n) is 7.44. The lowest BCUT2D eigenvalue weighted by Gasteiger charge is -2.31. The molecule has 2 aromatic rings. The van der Waals surface area contributed by atoms with Crippen LogP contribution in [-0.2, 0) is 16.1 Å². The van der Waals surface area contributed by atoms with Crippen LogP contribution in [-0.4, -0.2) is 35.4 Å². The Morgan fingerprint density at radius 2 is 1.77 bits per heavy atom. The van der Waals surface area contributed by atoms with Crippen LogP contribution in [0.2, 0.25) is 10.0 Å². The summed E-state index contributed by atoms with van der Waals surface area (Å²) in [6.07, 6.45) is 0.484. The van der Waals surface area contributed by atoms with Crippen molar-refractivity contribution in [3.63, 3.8) is 0 Å². The minimum absolute atomic E-state index is 0.0210. The zero-order chi connectivity index (χ0) is 22.3. The molecule has 0 aliphatic carbocycles. The van der Waals surface area contributed by atoms with Gasteiger partial charge in [-0.2, -0.15) is 0 Å². The lowest BCUT2D eigenvalue weighted by atomic mass is 10.1. The van der Waals surface area contributed by atoms with Crippen LogP contribution in [0.1, 0.15) is 38.3 Å². The number of aryl methyl sites for hydroxylation is 1. The lowest BCUT2D eigenvalue weighted by molar-refractivity contribution is -0.143. The SMILES string of the molecule is CCC(C(=O)NC(C)C)N(Cc1ccc(Cl)cc1)C(=O)COc1ccc(Cl)c(C)c1. The van der Waals surface area contributed by atoms with E-state index in [1.54, 1.807) is 35.2 Å². The van der Waals surface area contributed by atoms with Crippen molar-refractivity contribution in [2.75, 3.05) is 6.61 Å². The molecule has 0 fully saturated rings. The number of nitrogens with zero attached hydrogens (tertiary/aromatic N) is 1.